The van der Waals surface area contributed by atoms with Crippen LogP contribution in [0.25, 0.3) is 22.1 Å². The Bertz CT molecular complexity index is 1190. The summed E-state index contributed by atoms with van der Waals surface area (Å²) in [6.45, 7) is 12.8. The summed E-state index contributed by atoms with van der Waals surface area (Å²) in [6, 6.07) is 9.28. The minimum Gasteiger partial charge on any atom is -0.489 e. The van der Waals surface area contributed by atoms with Crippen LogP contribution < -0.4 is 15.2 Å². The molecule has 0 aliphatic heterocycles. The molecule has 0 spiro atoms. The van der Waals surface area contributed by atoms with Crippen LogP contribution in [0, 0.1) is 5.92 Å². The van der Waals surface area contributed by atoms with Crippen molar-refractivity contribution in [3.63, 3.8) is 0 Å². The van der Waals surface area contributed by atoms with Crippen molar-refractivity contribution < 1.29 is 18.7 Å². The number of hydrogen-bond donors (Lipinski definition) is 0. The van der Waals surface area contributed by atoms with Gasteiger partial charge in [0.15, 0.2) is 11.6 Å². The third kappa shape index (κ3) is 5.13. The SMILES string of the molecule is CCCCOc1c(N(C(=O)OC)C(C)(C)C)n(CC(C)C)c(=O)c2ccc(-c3ccco3)cc12. The lowest BCUT2D eigenvalue weighted by Gasteiger charge is -2.37. The minimum atomic E-state index is -0.673. The lowest BCUT2D eigenvalue weighted by molar-refractivity contribution is 0.171. The van der Waals surface area contributed by atoms with Gasteiger partial charge in [0.1, 0.15) is 5.76 Å². The summed E-state index contributed by atoms with van der Waals surface area (Å²) in [5, 5.41) is 1.17. The average Bonchev–Trinajstić information content (AvgIpc) is 3.31. The molecule has 184 valence electrons. The van der Waals surface area contributed by atoms with E-state index in [1.54, 1.807) is 10.8 Å². The zero-order valence-electron chi connectivity index (χ0n) is 21.3. The Balaban J connectivity index is 2.45. The van der Waals surface area contributed by atoms with Crippen molar-refractivity contribution in [2.75, 3.05) is 18.6 Å². The molecule has 2 aromatic heterocycles. The summed E-state index contributed by atoms with van der Waals surface area (Å²) in [6.07, 6.45) is 2.86. The molecular formula is C27H36N2O5. The number of carbonyl (C=O) groups is 1. The molecule has 34 heavy (non-hydrogen) atoms. The van der Waals surface area contributed by atoms with Gasteiger partial charge < -0.3 is 13.9 Å². The van der Waals surface area contributed by atoms with Gasteiger partial charge in [-0.1, -0.05) is 33.3 Å². The van der Waals surface area contributed by atoms with E-state index in [1.807, 2.05) is 65.0 Å². The largest absolute Gasteiger partial charge is 0.489 e. The second-order valence-corrected chi connectivity index (χ2v) is 9.88. The van der Waals surface area contributed by atoms with E-state index in [4.69, 9.17) is 13.9 Å². The highest BCUT2D eigenvalue weighted by Gasteiger charge is 2.35. The van der Waals surface area contributed by atoms with Crippen LogP contribution in [0.5, 0.6) is 5.75 Å². The van der Waals surface area contributed by atoms with Crippen molar-refractivity contribution in [1.29, 1.82) is 0 Å². The van der Waals surface area contributed by atoms with Crippen LogP contribution in [0.4, 0.5) is 10.6 Å². The van der Waals surface area contributed by atoms with E-state index in [-0.39, 0.29) is 11.5 Å². The summed E-state index contributed by atoms with van der Waals surface area (Å²) in [5.41, 5.74) is -0.0242. The summed E-state index contributed by atoms with van der Waals surface area (Å²) in [7, 11) is 1.35. The zero-order valence-corrected chi connectivity index (χ0v) is 21.3. The first-order valence-electron chi connectivity index (χ1n) is 11.9. The molecule has 3 rings (SSSR count). The van der Waals surface area contributed by atoms with Gasteiger partial charge in [0.25, 0.3) is 5.56 Å². The predicted octanol–water partition coefficient (Wildman–Crippen LogP) is 6.47. The molecular weight excluding hydrogens is 432 g/mol. The molecule has 0 atom stereocenters. The van der Waals surface area contributed by atoms with Gasteiger partial charge in [-0.25, -0.2) is 4.79 Å². The van der Waals surface area contributed by atoms with Crippen molar-refractivity contribution in [2.24, 2.45) is 5.92 Å². The molecule has 2 heterocycles. The molecule has 0 fully saturated rings. The number of benzene rings is 1. The van der Waals surface area contributed by atoms with E-state index < -0.39 is 11.6 Å². The maximum atomic E-state index is 13.8. The van der Waals surface area contributed by atoms with E-state index in [1.165, 1.54) is 12.0 Å². The van der Waals surface area contributed by atoms with Gasteiger partial charge in [-0.05, 0) is 57.4 Å². The number of furan rings is 1. The molecule has 7 heteroatoms. The zero-order chi connectivity index (χ0) is 25.0. The van der Waals surface area contributed by atoms with Crippen molar-refractivity contribution >= 4 is 22.7 Å². The highest BCUT2D eigenvalue weighted by Crippen LogP contribution is 2.40. The molecule has 7 nitrogen and oxygen atoms in total. The molecule has 0 saturated carbocycles. The Labute approximate surface area is 201 Å². The van der Waals surface area contributed by atoms with E-state index >= 15 is 0 Å². The van der Waals surface area contributed by atoms with E-state index in [0.29, 0.717) is 41.3 Å². The van der Waals surface area contributed by atoms with Crippen molar-refractivity contribution in [3.8, 4) is 17.1 Å². The first-order valence-corrected chi connectivity index (χ1v) is 11.9. The van der Waals surface area contributed by atoms with E-state index in [0.717, 1.165) is 18.4 Å². The monoisotopic (exact) mass is 468 g/mol. The Morgan fingerprint density at radius 1 is 1.18 bits per heavy atom. The highest BCUT2D eigenvalue weighted by molar-refractivity contribution is 5.99. The number of anilines is 1. The van der Waals surface area contributed by atoms with Gasteiger partial charge in [0.2, 0.25) is 0 Å². The number of ether oxygens (including phenoxy) is 2. The molecule has 1 aromatic carbocycles. The van der Waals surface area contributed by atoms with Crippen LogP contribution in [-0.2, 0) is 11.3 Å². The van der Waals surface area contributed by atoms with Gasteiger partial charge >= 0.3 is 6.09 Å². The highest BCUT2D eigenvalue weighted by atomic mass is 16.5. The van der Waals surface area contributed by atoms with Gasteiger partial charge in [0, 0.05) is 23.0 Å². The Morgan fingerprint density at radius 2 is 1.91 bits per heavy atom. The Morgan fingerprint density at radius 3 is 2.47 bits per heavy atom. The molecule has 0 radical (unpaired) electrons. The number of methoxy groups -OCH3 is 1. The molecule has 3 aromatic rings. The number of amides is 1. The lowest BCUT2D eigenvalue weighted by Crippen LogP contribution is -2.48. The third-order valence-electron chi connectivity index (χ3n) is 5.54. The molecule has 0 aliphatic carbocycles. The fourth-order valence-electron chi connectivity index (χ4n) is 3.99. The summed E-state index contributed by atoms with van der Waals surface area (Å²) >= 11 is 0. The van der Waals surface area contributed by atoms with Crippen molar-refractivity contribution in [1.82, 2.24) is 4.57 Å². The number of fused-ring (bicyclic) bond motifs is 1. The maximum Gasteiger partial charge on any atom is 0.415 e. The van der Waals surface area contributed by atoms with Crippen LogP contribution in [0.3, 0.4) is 0 Å². The third-order valence-corrected chi connectivity index (χ3v) is 5.54. The number of hydrogen-bond acceptors (Lipinski definition) is 5. The number of unbranched alkanes of at least 4 members (excludes halogenated alkanes) is 1. The van der Waals surface area contributed by atoms with Gasteiger partial charge in [-0.2, -0.15) is 0 Å². The van der Waals surface area contributed by atoms with Gasteiger partial charge in [0.05, 0.1) is 25.4 Å². The second-order valence-electron chi connectivity index (χ2n) is 9.88. The first kappa shape index (κ1) is 25.4. The second kappa shape index (κ2) is 10.4. The molecule has 0 N–H and O–H groups in total. The van der Waals surface area contributed by atoms with Crippen LogP contribution in [-0.4, -0.2) is 29.9 Å². The minimum absolute atomic E-state index is 0.166. The molecule has 0 bridgehead atoms. The number of nitrogens with zero attached hydrogens (tertiary/aromatic N) is 2. The van der Waals surface area contributed by atoms with Gasteiger partial charge in [-0.3, -0.25) is 14.3 Å². The molecule has 0 unspecified atom stereocenters. The smallest absolute Gasteiger partial charge is 0.415 e. The topological polar surface area (TPSA) is 73.9 Å². The number of rotatable bonds is 8. The van der Waals surface area contributed by atoms with Crippen molar-refractivity contribution in [3.05, 3.63) is 46.9 Å². The van der Waals surface area contributed by atoms with Crippen LogP contribution in [0.2, 0.25) is 0 Å². The Kier molecular flexibility index (Phi) is 7.75. The Hall–Kier alpha value is -3.22. The summed E-state index contributed by atoms with van der Waals surface area (Å²) < 4.78 is 18.8. The van der Waals surface area contributed by atoms with Crippen LogP contribution in [0.15, 0.2) is 45.8 Å². The number of carbonyl (C=O) groups excluding carboxylic acids is 1. The normalized spacial score (nSPS) is 11.8. The molecule has 0 aliphatic rings. The molecule has 0 saturated heterocycles. The lowest BCUT2D eigenvalue weighted by atomic mass is 10.0. The fourth-order valence-corrected chi connectivity index (χ4v) is 3.99. The van der Waals surface area contributed by atoms with Crippen LogP contribution >= 0.6 is 0 Å². The first-order chi connectivity index (χ1) is 16.1. The quantitative estimate of drug-likeness (QED) is 0.354. The molecule has 1 amide bonds. The summed E-state index contributed by atoms with van der Waals surface area (Å²) in [4.78, 5) is 28.4. The maximum absolute atomic E-state index is 13.8. The van der Waals surface area contributed by atoms with E-state index in [2.05, 4.69) is 6.92 Å². The van der Waals surface area contributed by atoms with E-state index in [9.17, 15) is 9.59 Å². The van der Waals surface area contributed by atoms with Crippen molar-refractivity contribution in [2.45, 2.75) is 66.5 Å². The summed E-state index contributed by atoms with van der Waals surface area (Å²) in [5.74, 6) is 1.77. The predicted molar refractivity (Wildman–Crippen MR) is 136 cm³/mol. The van der Waals surface area contributed by atoms with Crippen LogP contribution in [0.1, 0.15) is 54.4 Å². The standard InChI is InChI=1S/C27H36N2O5/c1-8-9-14-34-23-21-16-19(22-11-10-15-33-22)12-13-20(21)25(30)28(17-18(2)3)24(23)29(26(31)32-7)27(4,5)6/h10-13,15-16,18H,8-9,14,17H2,1-7H3. The number of aromatic nitrogens is 1. The fraction of sp³-hybridized carbons (Fsp3) is 0.481. The number of pyridine rings is 1. The average molecular weight is 469 g/mol. The van der Waals surface area contributed by atoms with Gasteiger partial charge in [-0.15, -0.1) is 0 Å².